The van der Waals surface area contributed by atoms with Crippen LogP contribution in [-0.4, -0.2) is 52.3 Å². The first-order chi connectivity index (χ1) is 16.5. The normalized spacial score (nSPS) is 15.9. The van der Waals surface area contributed by atoms with Crippen molar-refractivity contribution in [3.8, 4) is 11.6 Å². The molecule has 1 aromatic carbocycles. The van der Waals surface area contributed by atoms with Gasteiger partial charge >= 0.3 is 18.3 Å². The van der Waals surface area contributed by atoms with Gasteiger partial charge in [-0.25, -0.2) is 19.0 Å². The smallest absolute Gasteiger partial charge is 0.333 e. The number of benzene rings is 1. The summed E-state index contributed by atoms with van der Waals surface area (Å²) in [4.78, 5) is 26.4. The van der Waals surface area contributed by atoms with E-state index in [1.807, 2.05) is 0 Å². The van der Waals surface area contributed by atoms with Gasteiger partial charge in [0.25, 0.3) is 5.89 Å². The Morgan fingerprint density at radius 3 is 2.88 bits per heavy atom. The van der Waals surface area contributed by atoms with E-state index in [0.29, 0.717) is 22.3 Å². The van der Waals surface area contributed by atoms with E-state index in [2.05, 4.69) is 30.2 Å². The van der Waals surface area contributed by atoms with Crippen molar-refractivity contribution in [1.82, 2.24) is 39.8 Å². The second kappa shape index (κ2) is 7.54. The van der Waals surface area contributed by atoms with Crippen LogP contribution in [0.4, 0.5) is 13.2 Å². The van der Waals surface area contributed by atoms with E-state index >= 15 is 0 Å². The van der Waals surface area contributed by atoms with Crippen LogP contribution in [0.1, 0.15) is 40.6 Å². The Balaban J connectivity index is 1.37. The maximum absolute atomic E-state index is 14.2. The fourth-order valence-corrected chi connectivity index (χ4v) is 3.89. The largest absolute Gasteiger partial charge is 0.435 e. The van der Waals surface area contributed by atoms with E-state index in [-0.39, 0.29) is 35.5 Å². The van der Waals surface area contributed by atoms with Crippen LogP contribution in [0.25, 0.3) is 22.7 Å². The standard InChI is InChI=1S/C20H13F3N8O3/c21-9-2-1-3-11-15(9)33-17(26-11)14-13-10(24-8-25-13)4-6-30(14)19(32)18-28-27-16(34-18)12-5-7-31(29-12)20(22)23/h1-3,5,7-8,14,20H,4,6H2,(H,24,25)/t14-/m0/s1. The number of hydrogen-bond donors (Lipinski definition) is 1. The summed E-state index contributed by atoms with van der Waals surface area (Å²) < 4.78 is 51.4. The lowest BCUT2D eigenvalue weighted by molar-refractivity contribution is 0.0566. The first-order valence-electron chi connectivity index (χ1n) is 10.0. The van der Waals surface area contributed by atoms with Crippen LogP contribution in [0.3, 0.4) is 0 Å². The number of halogens is 3. The number of amides is 1. The van der Waals surface area contributed by atoms with Crippen LogP contribution in [0.5, 0.6) is 0 Å². The van der Waals surface area contributed by atoms with E-state index in [1.54, 1.807) is 6.07 Å². The van der Waals surface area contributed by atoms with E-state index in [0.717, 1.165) is 11.9 Å². The lowest BCUT2D eigenvalue weighted by atomic mass is 10.0. The van der Waals surface area contributed by atoms with E-state index in [4.69, 9.17) is 8.83 Å². The van der Waals surface area contributed by atoms with Gasteiger partial charge in [0.15, 0.2) is 17.4 Å². The number of carbonyl (C=O) groups is 1. The monoisotopic (exact) mass is 470 g/mol. The second-order valence-electron chi connectivity index (χ2n) is 7.43. The average molecular weight is 470 g/mol. The molecule has 0 unspecified atom stereocenters. The van der Waals surface area contributed by atoms with Crippen LogP contribution >= 0.6 is 0 Å². The van der Waals surface area contributed by atoms with Gasteiger partial charge in [-0.2, -0.15) is 13.9 Å². The number of hydrogen-bond acceptors (Lipinski definition) is 8. The molecule has 0 saturated carbocycles. The Kier molecular flexibility index (Phi) is 4.46. The van der Waals surface area contributed by atoms with Gasteiger partial charge in [-0.1, -0.05) is 6.07 Å². The Labute approximate surface area is 187 Å². The number of carbonyl (C=O) groups excluding carboxylic acids is 1. The number of fused-ring (bicyclic) bond motifs is 2. The first-order valence-corrected chi connectivity index (χ1v) is 10.0. The van der Waals surface area contributed by atoms with Crippen LogP contribution in [0, 0.1) is 5.82 Å². The molecule has 0 aliphatic carbocycles. The molecule has 4 aromatic heterocycles. The molecule has 1 amide bonds. The summed E-state index contributed by atoms with van der Waals surface area (Å²) in [6.07, 6.45) is 2.99. The highest BCUT2D eigenvalue weighted by Crippen LogP contribution is 2.36. The zero-order valence-corrected chi connectivity index (χ0v) is 17.0. The Bertz CT molecular complexity index is 1520. The topological polar surface area (TPSA) is 132 Å². The van der Waals surface area contributed by atoms with Crippen molar-refractivity contribution in [2.24, 2.45) is 0 Å². The number of para-hydroxylation sites is 1. The number of oxazole rings is 1. The number of aromatic nitrogens is 7. The van der Waals surface area contributed by atoms with Gasteiger partial charge in [-0.15, -0.1) is 10.2 Å². The molecular formula is C20H13F3N8O3. The van der Waals surface area contributed by atoms with Crippen molar-refractivity contribution in [3.63, 3.8) is 0 Å². The summed E-state index contributed by atoms with van der Waals surface area (Å²) in [6.45, 7) is -2.62. The van der Waals surface area contributed by atoms with Gasteiger partial charge in [0, 0.05) is 24.9 Å². The molecule has 5 aromatic rings. The Hall–Kier alpha value is -4.49. The van der Waals surface area contributed by atoms with Gasteiger partial charge in [-0.3, -0.25) is 4.79 Å². The lowest BCUT2D eigenvalue weighted by Crippen LogP contribution is -2.41. The number of nitrogens with zero attached hydrogens (tertiary/aromatic N) is 7. The minimum absolute atomic E-state index is 0.00828. The van der Waals surface area contributed by atoms with Crippen molar-refractivity contribution in [2.75, 3.05) is 6.54 Å². The van der Waals surface area contributed by atoms with Gasteiger partial charge in [-0.05, 0) is 18.2 Å². The number of aromatic amines is 1. The molecule has 172 valence electrons. The third-order valence-electron chi connectivity index (χ3n) is 5.44. The maximum atomic E-state index is 14.2. The highest BCUT2D eigenvalue weighted by atomic mass is 19.3. The molecule has 14 heteroatoms. The molecule has 0 spiro atoms. The van der Waals surface area contributed by atoms with Crippen LogP contribution in [0.15, 0.2) is 45.6 Å². The Morgan fingerprint density at radius 1 is 1.21 bits per heavy atom. The molecule has 1 N–H and O–H groups in total. The van der Waals surface area contributed by atoms with Crippen LogP contribution in [-0.2, 0) is 6.42 Å². The van der Waals surface area contributed by atoms with Gasteiger partial charge < -0.3 is 18.7 Å². The molecule has 0 fully saturated rings. The molecule has 5 heterocycles. The third kappa shape index (κ3) is 3.14. The fourth-order valence-electron chi connectivity index (χ4n) is 3.89. The first kappa shape index (κ1) is 20.1. The number of H-pyrrole nitrogens is 1. The summed E-state index contributed by atoms with van der Waals surface area (Å²) in [5, 5.41) is 11.2. The molecule has 1 aliphatic rings. The minimum atomic E-state index is -2.84. The fraction of sp³-hybridized carbons (Fsp3) is 0.200. The molecule has 6 rings (SSSR count). The number of imidazole rings is 1. The summed E-state index contributed by atoms with van der Waals surface area (Å²) >= 11 is 0. The predicted molar refractivity (Wildman–Crippen MR) is 106 cm³/mol. The van der Waals surface area contributed by atoms with Crippen molar-refractivity contribution in [3.05, 3.63) is 65.8 Å². The van der Waals surface area contributed by atoms with Gasteiger partial charge in [0.1, 0.15) is 11.2 Å². The average Bonchev–Trinajstić information content (AvgIpc) is 3.62. The zero-order chi connectivity index (χ0) is 23.4. The number of alkyl halides is 2. The van der Waals surface area contributed by atoms with Crippen molar-refractivity contribution >= 4 is 17.0 Å². The van der Waals surface area contributed by atoms with Crippen LogP contribution in [0.2, 0.25) is 0 Å². The molecular weight excluding hydrogens is 457 g/mol. The summed E-state index contributed by atoms with van der Waals surface area (Å²) in [6, 6.07) is 4.72. The molecule has 0 saturated heterocycles. The minimum Gasteiger partial charge on any atom is -0.435 e. The molecule has 0 radical (unpaired) electrons. The molecule has 0 bridgehead atoms. The highest BCUT2D eigenvalue weighted by Gasteiger charge is 2.39. The van der Waals surface area contributed by atoms with Gasteiger partial charge in [0.05, 0.1) is 12.0 Å². The van der Waals surface area contributed by atoms with E-state index in [9.17, 15) is 18.0 Å². The molecule has 1 aliphatic heterocycles. The lowest BCUT2D eigenvalue weighted by Gasteiger charge is -2.31. The SMILES string of the molecule is O=C(c1nnc(-c2ccn(C(F)F)n2)o1)N1CCc2[nH]cnc2[C@H]1c1nc2cccc(F)c2o1. The molecule has 1 atom stereocenters. The van der Waals surface area contributed by atoms with Crippen molar-refractivity contribution in [2.45, 2.75) is 19.0 Å². The van der Waals surface area contributed by atoms with Gasteiger partial charge in [0.2, 0.25) is 5.89 Å². The third-order valence-corrected chi connectivity index (χ3v) is 5.44. The summed E-state index contributed by atoms with van der Waals surface area (Å²) in [5.74, 6) is -1.75. The van der Waals surface area contributed by atoms with E-state index < -0.39 is 24.3 Å². The number of nitrogens with one attached hydrogen (secondary N) is 1. The molecule has 11 nitrogen and oxygen atoms in total. The summed E-state index contributed by atoms with van der Waals surface area (Å²) in [5.41, 5.74) is 1.51. The quantitative estimate of drug-likeness (QED) is 0.424. The predicted octanol–water partition coefficient (Wildman–Crippen LogP) is 3.12. The molecule has 34 heavy (non-hydrogen) atoms. The second-order valence-corrected chi connectivity index (χ2v) is 7.43. The highest BCUT2D eigenvalue weighted by molar-refractivity contribution is 5.90. The summed E-state index contributed by atoms with van der Waals surface area (Å²) in [7, 11) is 0. The van der Waals surface area contributed by atoms with Crippen molar-refractivity contribution < 1.29 is 26.8 Å². The zero-order valence-electron chi connectivity index (χ0n) is 17.0. The van der Waals surface area contributed by atoms with E-state index in [1.165, 1.54) is 29.4 Å². The maximum Gasteiger partial charge on any atom is 0.333 e. The number of rotatable bonds is 4. The Morgan fingerprint density at radius 2 is 2.09 bits per heavy atom. The van der Waals surface area contributed by atoms with Crippen LogP contribution < -0.4 is 0 Å². The van der Waals surface area contributed by atoms with Crippen molar-refractivity contribution in [1.29, 1.82) is 0 Å².